The number of hydrogen-bond donors (Lipinski definition) is 1. The van der Waals surface area contributed by atoms with Gasteiger partial charge in [0.25, 0.3) is 0 Å². The largest absolute Gasteiger partial charge is 0.380 e. The van der Waals surface area contributed by atoms with Crippen LogP contribution >= 0.6 is 0 Å². The van der Waals surface area contributed by atoms with Gasteiger partial charge < -0.3 is 10.1 Å². The van der Waals surface area contributed by atoms with E-state index in [0.29, 0.717) is 18.7 Å². The van der Waals surface area contributed by atoms with Crippen LogP contribution in [0.5, 0.6) is 0 Å². The van der Waals surface area contributed by atoms with Crippen LogP contribution in [0.1, 0.15) is 18.4 Å². The van der Waals surface area contributed by atoms with Crippen LogP contribution < -0.4 is 5.32 Å². The molecule has 0 amide bonds. The van der Waals surface area contributed by atoms with E-state index in [9.17, 15) is 8.78 Å². The van der Waals surface area contributed by atoms with Gasteiger partial charge in [-0.15, -0.1) is 0 Å². The van der Waals surface area contributed by atoms with Crippen LogP contribution in [0.15, 0.2) is 18.2 Å². The lowest BCUT2D eigenvalue weighted by atomic mass is 10.1. The highest BCUT2D eigenvalue weighted by atomic mass is 19.1. The Morgan fingerprint density at radius 1 is 1.38 bits per heavy atom. The van der Waals surface area contributed by atoms with Gasteiger partial charge in [-0.2, -0.15) is 0 Å². The van der Waals surface area contributed by atoms with E-state index in [4.69, 9.17) is 4.74 Å². The minimum absolute atomic E-state index is 0.247. The first-order valence-electron chi connectivity index (χ1n) is 5.51. The molecule has 1 aliphatic heterocycles. The zero-order valence-corrected chi connectivity index (χ0v) is 9.01. The Hall–Kier alpha value is -1.00. The van der Waals surface area contributed by atoms with Crippen molar-refractivity contribution in [1.82, 2.24) is 5.32 Å². The summed E-state index contributed by atoms with van der Waals surface area (Å²) in [6.07, 6.45) is 2.04. The van der Waals surface area contributed by atoms with Crippen LogP contribution in [-0.4, -0.2) is 19.3 Å². The van der Waals surface area contributed by atoms with Gasteiger partial charge in [0.05, 0.1) is 6.61 Å². The molecule has 1 heterocycles. The highest BCUT2D eigenvalue weighted by Gasteiger charge is 2.13. The Morgan fingerprint density at radius 3 is 3.00 bits per heavy atom. The number of rotatable bonds is 3. The van der Waals surface area contributed by atoms with Gasteiger partial charge in [-0.3, -0.25) is 0 Å². The van der Waals surface area contributed by atoms with Crippen LogP contribution in [-0.2, 0) is 11.3 Å². The third-order valence-electron chi connectivity index (χ3n) is 2.75. The Kier molecular flexibility index (Phi) is 3.85. The molecule has 1 aromatic carbocycles. The highest BCUT2D eigenvalue weighted by molar-refractivity contribution is 5.18. The molecule has 0 bridgehead atoms. The molecule has 16 heavy (non-hydrogen) atoms. The molecule has 0 aliphatic carbocycles. The zero-order chi connectivity index (χ0) is 11.4. The minimum atomic E-state index is -0.405. The summed E-state index contributed by atoms with van der Waals surface area (Å²) in [4.78, 5) is 0. The molecule has 1 fully saturated rings. The number of benzene rings is 1. The lowest BCUT2D eigenvalue weighted by molar-refractivity contribution is 0.0698. The van der Waals surface area contributed by atoms with Crippen LogP contribution in [0.4, 0.5) is 8.78 Å². The van der Waals surface area contributed by atoms with Crippen molar-refractivity contribution in [2.45, 2.75) is 25.4 Å². The van der Waals surface area contributed by atoms with E-state index in [1.165, 1.54) is 6.07 Å². The summed E-state index contributed by atoms with van der Waals surface area (Å²) in [5.74, 6) is -0.774. The first kappa shape index (κ1) is 11.5. The zero-order valence-electron chi connectivity index (χ0n) is 9.01. The first-order chi connectivity index (χ1) is 7.75. The Morgan fingerprint density at radius 2 is 2.25 bits per heavy atom. The minimum Gasteiger partial charge on any atom is -0.380 e. The standard InChI is InChI=1S/C12H15F2NO/c13-10-3-4-12(14)9(6-10)7-15-11-2-1-5-16-8-11/h3-4,6,11,15H,1-2,5,7-8H2. The molecule has 4 heteroatoms. The van der Waals surface area contributed by atoms with E-state index < -0.39 is 5.82 Å². The van der Waals surface area contributed by atoms with Gasteiger partial charge in [0.15, 0.2) is 0 Å². The lowest BCUT2D eigenvalue weighted by Gasteiger charge is -2.23. The maximum absolute atomic E-state index is 13.3. The van der Waals surface area contributed by atoms with Crippen LogP contribution in [0.3, 0.4) is 0 Å². The van der Waals surface area contributed by atoms with E-state index in [1.54, 1.807) is 0 Å². The summed E-state index contributed by atoms with van der Waals surface area (Å²) in [6.45, 7) is 1.79. The third kappa shape index (κ3) is 3.00. The molecule has 1 atom stereocenters. The van der Waals surface area contributed by atoms with Crippen molar-refractivity contribution in [3.8, 4) is 0 Å². The number of hydrogen-bond acceptors (Lipinski definition) is 2. The molecule has 0 radical (unpaired) electrons. The topological polar surface area (TPSA) is 21.3 Å². The van der Waals surface area contributed by atoms with E-state index in [0.717, 1.165) is 31.6 Å². The van der Waals surface area contributed by atoms with Crippen LogP contribution in [0.25, 0.3) is 0 Å². The molecule has 1 unspecified atom stereocenters. The van der Waals surface area contributed by atoms with E-state index in [1.807, 2.05) is 0 Å². The second kappa shape index (κ2) is 5.37. The second-order valence-electron chi connectivity index (χ2n) is 4.03. The van der Waals surface area contributed by atoms with Crippen molar-refractivity contribution in [1.29, 1.82) is 0 Å². The van der Waals surface area contributed by atoms with Crippen LogP contribution in [0, 0.1) is 11.6 Å². The average molecular weight is 227 g/mol. The Bertz CT molecular complexity index is 351. The summed E-state index contributed by atoms with van der Waals surface area (Å²) in [7, 11) is 0. The second-order valence-corrected chi connectivity index (χ2v) is 4.03. The van der Waals surface area contributed by atoms with Gasteiger partial charge in [0.2, 0.25) is 0 Å². The molecular weight excluding hydrogens is 212 g/mol. The molecule has 0 aromatic heterocycles. The van der Waals surface area contributed by atoms with E-state index in [2.05, 4.69) is 5.32 Å². The third-order valence-corrected chi connectivity index (χ3v) is 2.75. The lowest BCUT2D eigenvalue weighted by Crippen LogP contribution is -2.36. The van der Waals surface area contributed by atoms with E-state index in [-0.39, 0.29) is 11.9 Å². The summed E-state index contributed by atoms with van der Waals surface area (Å²) >= 11 is 0. The van der Waals surface area contributed by atoms with Gasteiger partial charge in [0.1, 0.15) is 11.6 Å². The predicted octanol–water partition coefficient (Wildman–Crippen LogP) is 2.23. The molecular formula is C12H15F2NO. The molecule has 1 aliphatic rings. The molecule has 2 nitrogen and oxygen atoms in total. The van der Waals surface area contributed by atoms with Gasteiger partial charge in [-0.1, -0.05) is 0 Å². The van der Waals surface area contributed by atoms with Gasteiger partial charge >= 0.3 is 0 Å². The fourth-order valence-corrected chi connectivity index (χ4v) is 1.83. The molecule has 2 rings (SSSR count). The van der Waals surface area contributed by atoms with Crippen molar-refractivity contribution in [3.05, 3.63) is 35.4 Å². The predicted molar refractivity (Wildman–Crippen MR) is 57.0 cm³/mol. The molecule has 1 saturated heterocycles. The maximum Gasteiger partial charge on any atom is 0.127 e. The monoisotopic (exact) mass is 227 g/mol. The fraction of sp³-hybridized carbons (Fsp3) is 0.500. The number of halogens is 2. The number of nitrogens with one attached hydrogen (secondary N) is 1. The maximum atomic E-state index is 13.3. The van der Waals surface area contributed by atoms with Gasteiger partial charge in [-0.25, -0.2) is 8.78 Å². The molecule has 88 valence electrons. The quantitative estimate of drug-likeness (QED) is 0.855. The Labute approximate surface area is 93.6 Å². The molecule has 0 spiro atoms. The van der Waals surface area contributed by atoms with Crippen molar-refractivity contribution in [2.75, 3.05) is 13.2 Å². The van der Waals surface area contributed by atoms with Crippen molar-refractivity contribution in [2.24, 2.45) is 0 Å². The normalized spacial score (nSPS) is 21.0. The van der Waals surface area contributed by atoms with Gasteiger partial charge in [0, 0.05) is 24.8 Å². The van der Waals surface area contributed by atoms with Crippen LogP contribution in [0.2, 0.25) is 0 Å². The van der Waals surface area contributed by atoms with Gasteiger partial charge in [-0.05, 0) is 31.0 Å². The smallest absolute Gasteiger partial charge is 0.127 e. The summed E-state index contributed by atoms with van der Waals surface area (Å²) < 4.78 is 31.5. The van der Waals surface area contributed by atoms with Crippen molar-refractivity contribution >= 4 is 0 Å². The average Bonchev–Trinajstić information content (AvgIpc) is 2.32. The number of ether oxygens (including phenoxy) is 1. The molecule has 1 N–H and O–H groups in total. The summed E-state index contributed by atoms with van der Waals surface area (Å²) in [5.41, 5.74) is 0.366. The SMILES string of the molecule is Fc1ccc(F)c(CNC2CCCOC2)c1. The van der Waals surface area contributed by atoms with E-state index >= 15 is 0 Å². The summed E-state index contributed by atoms with van der Waals surface area (Å²) in [5, 5.41) is 3.17. The first-order valence-corrected chi connectivity index (χ1v) is 5.51. The molecule has 0 saturated carbocycles. The summed E-state index contributed by atoms with van der Waals surface area (Å²) in [6, 6.07) is 3.76. The Balaban J connectivity index is 1.90. The van der Waals surface area contributed by atoms with Crippen molar-refractivity contribution < 1.29 is 13.5 Å². The van der Waals surface area contributed by atoms with Crippen molar-refractivity contribution in [3.63, 3.8) is 0 Å². The molecule has 1 aromatic rings. The fourth-order valence-electron chi connectivity index (χ4n) is 1.83. The highest BCUT2D eigenvalue weighted by Crippen LogP contribution is 2.11.